The number of nitrogens with zero attached hydrogens (tertiary/aromatic N) is 4. The van der Waals surface area contributed by atoms with Crippen molar-refractivity contribution in [3.8, 4) is 11.1 Å². The molecule has 0 aliphatic rings. The van der Waals surface area contributed by atoms with Crippen LogP contribution in [0, 0.1) is 0 Å². The lowest BCUT2D eigenvalue weighted by Gasteiger charge is -2.04. The van der Waals surface area contributed by atoms with Crippen molar-refractivity contribution in [3.05, 3.63) is 66.2 Å². The van der Waals surface area contributed by atoms with E-state index in [1.807, 2.05) is 37.5 Å². The predicted octanol–water partition coefficient (Wildman–Crippen LogP) is 3.74. The molecule has 0 aliphatic carbocycles. The van der Waals surface area contributed by atoms with Crippen LogP contribution in [0.1, 0.15) is 5.56 Å². The van der Waals surface area contributed by atoms with Crippen molar-refractivity contribution >= 4 is 39.2 Å². The van der Waals surface area contributed by atoms with Gasteiger partial charge in [0, 0.05) is 48.5 Å². The third kappa shape index (κ3) is 3.38. The van der Waals surface area contributed by atoms with Gasteiger partial charge in [-0.25, -0.2) is 4.98 Å². The fraction of sp³-hybridized carbons (Fsp3) is 0.0526. The van der Waals surface area contributed by atoms with Gasteiger partial charge < -0.3 is 5.32 Å². The molecule has 0 bridgehead atoms. The molecule has 1 amide bonds. The molecule has 0 saturated carbocycles. The first-order chi connectivity index (χ1) is 12.7. The van der Waals surface area contributed by atoms with Crippen molar-refractivity contribution in [2.24, 2.45) is 7.05 Å². The molecule has 4 aromatic rings. The molecule has 0 radical (unpaired) electrons. The largest absolute Gasteiger partial charge is 0.322 e. The summed E-state index contributed by atoms with van der Waals surface area (Å²) in [7, 11) is 1.87. The van der Waals surface area contributed by atoms with E-state index in [0.29, 0.717) is 0 Å². The molecule has 0 aliphatic heterocycles. The number of thiazole rings is 1. The van der Waals surface area contributed by atoms with Gasteiger partial charge in [0.05, 0.1) is 21.9 Å². The van der Waals surface area contributed by atoms with Gasteiger partial charge in [-0.15, -0.1) is 11.3 Å². The summed E-state index contributed by atoms with van der Waals surface area (Å²) in [5.74, 6) is -0.199. The minimum absolute atomic E-state index is 0.199. The summed E-state index contributed by atoms with van der Waals surface area (Å²) in [6.07, 6.45) is 10.4. The minimum atomic E-state index is -0.199. The number of aromatic nitrogens is 4. The second kappa shape index (κ2) is 6.89. The van der Waals surface area contributed by atoms with Crippen LogP contribution < -0.4 is 5.32 Å². The molecular formula is C19H15N5OS. The standard InChI is InChI=1S/C19H15N5OS/c1-24-11-14(10-22-24)16-6-7-20-9-13(16)2-5-19(25)23-15-3-4-17-18(8-15)26-12-21-17/h2-12H,1H3,(H,23,25)/b5-2+. The highest BCUT2D eigenvalue weighted by atomic mass is 32.1. The highest BCUT2D eigenvalue weighted by molar-refractivity contribution is 7.16. The van der Waals surface area contributed by atoms with Crippen molar-refractivity contribution < 1.29 is 4.79 Å². The quantitative estimate of drug-likeness (QED) is 0.562. The van der Waals surface area contributed by atoms with Gasteiger partial charge in [0.25, 0.3) is 0 Å². The molecule has 1 N–H and O–H groups in total. The zero-order valence-corrected chi connectivity index (χ0v) is 14.8. The summed E-state index contributed by atoms with van der Waals surface area (Å²) < 4.78 is 2.78. The van der Waals surface area contributed by atoms with Gasteiger partial charge in [0.2, 0.25) is 5.91 Å². The van der Waals surface area contributed by atoms with Crippen molar-refractivity contribution in [3.63, 3.8) is 0 Å². The van der Waals surface area contributed by atoms with Gasteiger partial charge in [0.15, 0.2) is 0 Å². The van der Waals surface area contributed by atoms with Gasteiger partial charge in [-0.1, -0.05) is 0 Å². The Hall–Kier alpha value is -3.32. The molecule has 128 valence electrons. The molecule has 3 aromatic heterocycles. The number of nitrogens with one attached hydrogen (secondary N) is 1. The van der Waals surface area contributed by atoms with E-state index in [1.54, 1.807) is 46.2 Å². The number of fused-ring (bicyclic) bond motifs is 1. The van der Waals surface area contributed by atoms with Crippen molar-refractivity contribution in [2.45, 2.75) is 0 Å². The number of hydrogen-bond acceptors (Lipinski definition) is 5. The normalized spacial score (nSPS) is 11.3. The summed E-state index contributed by atoms with van der Waals surface area (Å²) >= 11 is 1.54. The summed E-state index contributed by atoms with van der Waals surface area (Å²) in [5.41, 5.74) is 6.27. The Bertz CT molecular complexity index is 1110. The monoisotopic (exact) mass is 361 g/mol. The minimum Gasteiger partial charge on any atom is -0.322 e. The Morgan fingerprint density at radius 3 is 3.04 bits per heavy atom. The van der Waals surface area contributed by atoms with Crippen LogP contribution in [0.4, 0.5) is 5.69 Å². The Kier molecular flexibility index (Phi) is 4.28. The first-order valence-electron chi connectivity index (χ1n) is 7.94. The smallest absolute Gasteiger partial charge is 0.248 e. The van der Waals surface area contributed by atoms with Crippen LogP contribution >= 0.6 is 11.3 Å². The number of carbonyl (C=O) groups is 1. The van der Waals surface area contributed by atoms with Crippen molar-refractivity contribution in [1.82, 2.24) is 19.7 Å². The molecule has 3 heterocycles. The molecule has 26 heavy (non-hydrogen) atoms. The third-order valence-electron chi connectivity index (χ3n) is 3.88. The molecule has 0 saturated heterocycles. The summed E-state index contributed by atoms with van der Waals surface area (Å²) in [4.78, 5) is 20.7. The van der Waals surface area contributed by atoms with Crippen LogP contribution in [0.2, 0.25) is 0 Å². The average molecular weight is 361 g/mol. The Morgan fingerprint density at radius 2 is 2.19 bits per heavy atom. The number of anilines is 1. The van der Waals surface area contributed by atoms with Crippen molar-refractivity contribution in [1.29, 1.82) is 0 Å². The second-order valence-electron chi connectivity index (χ2n) is 5.72. The number of benzene rings is 1. The highest BCUT2D eigenvalue weighted by Gasteiger charge is 2.06. The lowest BCUT2D eigenvalue weighted by Crippen LogP contribution is -2.07. The first-order valence-corrected chi connectivity index (χ1v) is 8.82. The number of hydrogen-bond donors (Lipinski definition) is 1. The van der Waals surface area contributed by atoms with E-state index in [2.05, 4.69) is 20.4 Å². The zero-order valence-electron chi connectivity index (χ0n) is 14.0. The topological polar surface area (TPSA) is 72.7 Å². The van der Waals surface area contributed by atoms with Gasteiger partial charge >= 0.3 is 0 Å². The van der Waals surface area contributed by atoms with E-state index in [9.17, 15) is 4.79 Å². The van der Waals surface area contributed by atoms with Crippen LogP contribution in [-0.4, -0.2) is 25.7 Å². The van der Waals surface area contributed by atoms with Crippen LogP contribution in [0.25, 0.3) is 27.4 Å². The van der Waals surface area contributed by atoms with Crippen LogP contribution in [-0.2, 0) is 11.8 Å². The Balaban J connectivity index is 1.53. The summed E-state index contributed by atoms with van der Waals surface area (Å²) in [6, 6.07) is 7.57. The predicted molar refractivity (Wildman–Crippen MR) is 104 cm³/mol. The SMILES string of the molecule is Cn1cc(-c2ccncc2/C=C/C(=O)Nc2ccc3ncsc3c2)cn1. The van der Waals surface area contributed by atoms with Crippen LogP contribution in [0.5, 0.6) is 0 Å². The molecule has 4 rings (SSSR count). The fourth-order valence-corrected chi connectivity index (χ4v) is 3.36. The Morgan fingerprint density at radius 1 is 1.27 bits per heavy atom. The molecule has 0 spiro atoms. The molecule has 7 heteroatoms. The number of amides is 1. The van der Waals surface area contributed by atoms with E-state index < -0.39 is 0 Å². The third-order valence-corrected chi connectivity index (χ3v) is 4.67. The molecule has 1 aromatic carbocycles. The maximum Gasteiger partial charge on any atom is 0.248 e. The lowest BCUT2D eigenvalue weighted by molar-refractivity contribution is -0.111. The maximum atomic E-state index is 12.3. The number of carbonyl (C=O) groups excluding carboxylic acids is 1. The van der Waals surface area contributed by atoms with E-state index >= 15 is 0 Å². The van der Waals surface area contributed by atoms with E-state index in [4.69, 9.17) is 0 Å². The van der Waals surface area contributed by atoms with Gasteiger partial charge in [-0.3, -0.25) is 14.5 Å². The Labute approximate surface area is 153 Å². The van der Waals surface area contributed by atoms with Crippen molar-refractivity contribution in [2.75, 3.05) is 5.32 Å². The molecule has 0 unspecified atom stereocenters. The highest BCUT2D eigenvalue weighted by Crippen LogP contribution is 2.24. The second-order valence-corrected chi connectivity index (χ2v) is 6.61. The van der Waals surface area contributed by atoms with E-state index in [0.717, 1.165) is 32.6 Å². The summed E-state index contributed by atoms with van der Waals surface area (Å²) in [5, 5.41) is 7.07. The van der Waals surface area contributed by atoms with Crippen LogP contribution in [0.15, 0.2) is 60.6 Å². The number of rotatable bonds is 4. The molecule has 0 fully saturated rings. The van der Waals surface area contributed by atoms with E-state index in [-0.39, 0.29) is 5.91 Å². The maximum absolute atomic E-state index is 12.3. The first kappa shape index (κ1) is 16.2. The molecule has 6 nitrogen and oxygen atoms in total. The van der Waals surface area contributed by atoms with Gasteiger partial charge in [0.1, 0.15) is 0 Å². The molecule has 0 atom stereocenters. The lowest BCUT2D eigenvalue weighted by atomic mass is 10.0. The number of pyridine rings is 1. The number of aryl methyl sites for hydroxylation is 1. The van der Waals surface area contributed by atoms with Crippen LogP contribution in [0.3, 0.4) is 0 Å². The average Bonchev–Trinajstić information content (AvgIpc) is 3.28. The van der Waals surface area contributed by atoms with Gasteiger partial charge in [-0.05, 0) is 35.9 Å². The zero-order chi connectivity index (χ0) is 17.9. The molecular weight excluding hydrogens is 346 g/mol. The fourth-order valence-electron chi connectivity index (χ4n) is 2.64. The van der Waals surface area contributed by atoms with Gasteiger partial charge in [-0.2, -0.15) is 5.10 Å². The summed E-state index contributed by atoms with van der Waals surface area (Å²) in [6.45, 7) is 0. The van der Waals surface area contributed by atoms with E-state index in [1.165, 1.54) is 6.08 Å².